The van der Waals surface area contributed by atoms with E-state index in [1.54, 1.807) is 12.3 Å². The molecule has 1 aromatic carbocycles. The predicted molar refractivity (Wildman–Crippen MR) is 101 cm³/mol. The van der Waals surface area contributed by atoms with Gasteiger partial charge in [0.05, 0.1) is 12.2 Å². The minimum Gasteiger partial charge on any atom is -0.493 e. The highest BCUT2D eigenvalue weighted by molar-refractivity contribution is 5.79. The van der Waals surface area contributed by atoms with Crippen molar-refractivity contribution in [3.63, 3.8) is 0 Å². The second-order valence-electron chi connectivity index (χ2n) is 6.98. The summed E-state index contributed by atoms with van der Waals surface area (Å²) in [7, 11) is 0. The molecule has 2 aliphatic heterocycles. The maximum atomic E-state index is 13.0. The van der Waals surface area contributed by atoms with Gasteiger partial charge in [0, 0.05) is 38.3 Å². The molecule has 1 aromatic heterocycles. The lowest BCUT2D eigenvalue weighted by molar-refractivity contribution is -0.136. The zero-order valence-corrected chi connectivity index (χ0v) is 15.2. The molecular formula is C21H22N4O2. The van der Waals surface area contributed by atoms with Crippen LogP contribution in [0, 0.1) is 17.2 Å². The maximum Gasteiger partial charge on any atom is 0.226 e. The minimum atomic E-state index is -0.0202. The number of anilines is 1. The third kappa shape index (κ3) is 3.72. The van der Waals surface area contributed by atoms with Gasteiger partial charge in [0.2, 0.25) is 5.91 Å². The third-order valence-electron chi connectivity index (χ3n) is 5.30. The molecule has 0 bridgehead atoms. The number of rotatable bonds is 2. The molecule has 2 aromatic rings. The molecule has 27 heavy (non-hydrogen) atoms. The van der Waals surface area contributed by atoms with Crippen LogP contribution in [-0.2, 0) is 11.2 Å². The Kier molecular flexibility index (Phi) is 4.93. The first kappa shape index (κ1) is 17.3. The number of piperazine rings is 1. The molecule has 3 heterocycles. The lowest BCUT2D eigenvalue weighted by atomic mass is 9.95. The SMILES string of the molecule is N#Cc1ccc(N2CCN(C(=O)[C@H]3CCOc4ccccc4C3)CC2)nc1. The zero-order chi connectivity index (χ0) is 18.6. The van der Waals surface area contributed by atoms with Gasteiger partial charge in [-0.1, -0.05) is 18.2 Å². The van der Waals surface area contributed by atoms with E-state index in [2.05, 4.69) is 22.0 Å². The van der Waals surface area contributed by atoms with Crippen LogP contribution >= 0.6 is 0 Å². The van der Waals surface area contributed by atoms with Crippen molar-refractivity contribution in [3.8, 4) is 11.8 Å². The first-order chi connectivity index (χ1) is 13.2. The summed E-state index contributed by atoms with van der Waals surface area (Å²) in [5.41, 5.74) is 1.68. The summed E-state index contributed by atoms with van der Waals surface area (Å²) in [5, 5.41) is 8.88. The van der Waals surface area contributed by atoms with Gasteiger partial charge >= 0.3 is 0 Å². The summed E-state index contributed by atoms with van der Waals surface area (Å²) in [5.74, 6) is 1.97. The highest BCUT2D eigenvalue weighted by atomic mass is 16.5. The van der Waals surface area contributed by atoms with E-state index in [4.69, 9.17) is 10.00 Å². The minimum absolute atomic E-state index is 0.0202. The fourth-order valence-corrected chi connectivity index (χ4v) is 3.76. The number of fused-ring (bicyclic) bond motifs is 1. The van der Waals surface area contributed by atoms with Gasteiger partial charge in [0.25, 0.3) is 0 Å². The van der Waals surface area contributed by atoms with E-state index >= 15 is 0 Å². The summed E-state index contributed by atoms with van der Waals surface area (Å²) < 4.78 is 5.80. The van der Waals surface area contributed by atoms with Crippen molar-refractivity contribution in [1.29, 1.82) is 5.26 Å². The van der Waals surface area contributed by atoms with Gasteiger partial charge in [-0.2, -0.15) is 5.26 Å². The number of pyridine rings is 1. The quantitative estimate of drug-likeness (QED) is 0.819. The Hall–Kier alpha value is -3.07. The summed E-state index contributed by atoms with van der Waals surface area (Å²) >= 11 is 0. The van der Waals surface area contributed by atoms with Gasteiger partial charge in [-0.25, -0.2) is 4.98 Å². The summed E-state index contributed by atoms with van der Waals surface area (Å²) in [4.78, 5) is 21.5. The van der Waals surface area contributed by atoms with Crippen molar-refractivity contribution < 1.29 is 9.53 Å². The normalized spacial score (nSPS) is 19.4. The molecule has 2 aliphatic rings. The van der Waals surface area contributed by atoms with Gasteiger partial charge < -0.3 is 14.5 Å². The number of amides is 1. The molecular weight excluding hydrogens is 340 g/mol. The van der Waals surface area contributed by atoms with Crippen molar-refractivity contribution in [1.82, 2.24) is 9.88 Å². The van der Waals surface area contributed by atoms with E-state index in [0.29, 0.717) is 25.3 Å². The number of nitrogens with zero attached hydrogens (tertiary/aromatic N) is 4. The Morgan fingerprint density at radius 2 is 1.96 bits per heavy atom. The monoisotopic (exact) mass is 362 g/mol. The van der Waals surface area contributed by atoms with Crippen molar-refractivity contribution in [2.75, 3.05) is 37.7 Å². The van der Waals surface area contributed by atoms with E-state index in [1.807, 2.05) is 29.2 Å². The van der Waals surface area contributed by atoms with E-state index in [-0.39, 0.29) is 11.8 Å². The van der Waals surface area contributed by atoms with Crippen LogP contribution in [-0.4, -0.2) is 48.6 Å². The molecule has 1 amide bonds. The number of para-hydroxylation sites is 1. The first-order valence-electron chi connectivity index (χ1n) is 9.35. The molecule has 0 unspecified atom stereocenters. The average Bonchev–Trinajstić information content (AvgIpc) is 2.96. The Morgan fingerprint density at radius 1 is 1.15 bits per heavy atom. The average molecular weight is 362 g/mol. The summed E-state index contributed by atoms with van der Waals surface area (Å²) in [6.07, 6.45) is 3.09. The number of benzene rings is 1. The van der Waals surface area contributed by atoms with Gasteiger partial charge in [-0.15, -0.1) is 0 Å². The van der Waals surface area contributed by atoms with Crippen molar-refractivity contribution in [2.45, 2.75) is 12.8 Å². The molecule has 1 atom stereocenters. The third-order valence-corrected chi connectivity index (χ3v) is 5.30. The second kappa shape index (κ2) is 7.67. The molecule has 1 saturated heterocycles. The predicted octanol–water partition coefficient (Wildman–Crippen LogP) is 2.24. The molecule has 138 valence electrons. The second-order valence-corrected chi connectivity index (χ2v) is 6.98. The fourth-order valence-electron chi connectivity index (χ4n) is 3.76. The van der Waals surface area contributed by atoms with Crippen LogP contribution in [0.25, 0.3) is 0 Å². The number of nitriles is 1. The summed E-state index contributed by atoms with van der Waals surface area (Å²) in [6.45, 7) is 3.48. The van der Waals surface area contributed by atoms with Gasteiger partial charge in [0.1, 0.15) is 17.6 Å². The fraction of sp³-hybridized carbons (Fsp3) is 0.381. The molecule has 0 saturated carbocycles. The van der Waals surface area contributed by atoms with E-state index in [0.717, 1.165) is 43.1 Å². The molecule has 0 aliphatic carbocycles. The molecule has 6 nitrogen and oxygen atoms in total. The number of ether oxygens (including phenoxy) is 1. The Balaban J connectivity index is 1.37. The molecule has 1 fully saturated rings. The van der Waals surface area contributed by atoms with Crippen LogP contribution in [0.2, 0.25) is 0 Å². The number of hydrogen-bond acceptors (Lipinski definition) is 5. The zero-order valence-electron chi connectivity index (χ0n) is 15.2. The lowest BCUT2D eigenvalue weighted by Gasteiger charge is -2.37. The summed E-state index contributed by atoms with van der Waals surface area (Å²) in [6, 6.07) is 13.7. The standard InChI is InChI=1S/C21H22N4O2/c22-14-16-5-6-20(23-15-16)24-8-10-25(11-9-24)21(26)18-7-12-27-19-4-2-1-3-17(19)13-18/h1-6,15,18H,7-13H2/t18-/m0/s1. The van der Waals surface area contributed by atoms with E-state index in [1.165, 1.54) is 0 Å². The molecule has 0 radical (unpaired) electrons. The number of hydrogen-bond donors (Lipinski definition) is 0. The van der Waals surface area contributed by atoms with Crippen LogP contribution in [0.1, 0.15) is 17.5 Å². The van der Waals surface area contributed by atoms with E-state index < -0.39 is 0 Å². The number of carbonyl (C=O) groups is 1. The molecule has 4 rings (SSSR count). The highest BCUT2D eigenvalue weighted by Gasteiger charge is 2.30. The number of carbonyl (C=O) groups excluding carboxylic acids is 1. The van der Waals surface area contributed by atoms with Gasteiger partial charge in [-0.05, 0) is 36.6 Å². The van der Waals surface area contributed by atoms with Crippen LogP contribution in [0.4, 0.5) is 5.82 Å². The molecule has 6 heteroatoms. The van der Waals surface area contributed by atoms with Crippen LogP contribution in [0.5, 0.6) is 5.75 Å². The van der Waals surface area contributed by atoms with Crippen LogP contribution in [0.3, 0.4) is 0 Å². The molecule has 0 spiro atoms. The largest absolute Gasteiger partial charge is 0.493 e. The Morgan fingerprint density at radius 3 is 2.70 bits per heavy atom. The number of aromatic nitrogens is 1. The van der Waals surface area contributed by atoms with Gasteiger partial charge in [0.15, 0.2) is 0 Å². The smallest absolute Gasteiger partial charge is 0.226 e. The van der Waals surface area contributed by atoms with Crippen LogP contribution in [0.15, 0.2) is 42.6 Å². The van der Waals surface area contributed by atoms with Crippen molar-refractivity contribution >= 4 is 11.7 Å². The Labute approximate surface area is 159 Å². The van der Waals surface area contributed by atoms with Gasteiger partial charge in [-0.3, -0.25) is 4.79 Å². The van der Waals surface area contributed by atoms with Crippen molar-refractivity contribution in [3.05, 3.63) is 53.7 Å². The van der Waals surface area contributed by atoms with E-state index in [9.17, 15) is 4.79 Å². The molecule has 0 N–H and O–H groups in total. The Bertz CT molecular complexity index is 851. The lowest BCUT2D eigenvalue weighted by Crippen LogP contribution is -2.51. The first-order valence-corrected chi connectivity index (χ1v) is 9.35. The topological polar surface area (TPSA) is 69.5 Å². The van der Waals surface area contributed by atoms with Crippen molar-refractivity contribution in [2.24, 2.45) is 5.92 Å². The van der Waals surface area contributed by atoms with Crippen LogP contribution < -0.4 is 9.64 Å². The highest BCUT2D eigenvalue weighted by Crippen LogP contribution is 2.28. The maximum absolute atomic E-state index is 13.0.